The highest BCUT2D eigenvalue weighted by Crippen LogP contribution is 2.19. The topological polar surface area (TPSA) is 50.4 Å². The maximum Gasteiger partial charge on any atom is 0.226 e. The molecule has 0 bridgehead atoms. The van der Waals surface area contributed by atoms with Gasteiger partial charge in [-0.2, -0.15) is 0 Å². The monoisotopic (exact) mass is 198 g/mol. The summed E-state index contributed by atoms with van der Waals surface area (Å²) in [7, 11) is 0. The summed E-state index contributed by atoms with van der Waals surface area (Å²) in [5, 5.41) is 6.19. The minimum atomic E-state index is -0.134. The molecular weight excluding hydrogens is 180 g/mol. The van der Waals surface area contributed by atoms with Crippen molar-refractivity contribution in [2.75, 3.05) is 26.3 Å². The zero-order valence-electron chi connectivity index (χ0n) is 8.64. The van der Waals surface area contributed by atoms with E-state index in [4.69, 9.17) is 4.74 Å². The van der Waals surface area contributed by atoms with Gasteiger partial charge in [-0.3, -0.25) is 4.79 Å². The number of nitrogens with one attached hydrogen (secondary N) is 2. The van der Waals surface area contributed by atoms with E-state index in [2.05, 4.69) is 17.6 Å². The number of hydrogen-bond acceptors (Lipinski definition) is 3. The van der Waals surface area contributed by atoms with Gasteiger partial charge in [-0.1, -0.05) is 0 Å². The van der Waals surface area contributed by atoms with Gasteiger partial charge >= 0.3 is 0 Å². The van der Waals surface area contributed by atoms with Gasteiger partial charge in [0.25, 0.3) is 0 Å². The second kappa shape index (κ2) is 3.87. The molecule has 2 aliphatic heterocycles. The maximum atomic E-state index is 11.7. The predicted octanol–water partition coefficient (Wildman–Crippen LogP) is -0.109. The lowest BCUT2D eigenvalue weighted by atomic mass is 9.93. The normalized spacial score (nSPS) is 33.5. The van der Waals surface area contributed by atoms with Crippen LogP contribution in [0.3, 0.4) is 0 Å². The summed E-state index contributed by atoms with van der Waals surface area (Å²) in [5.74, 6) is 0.352. The van der Waals surface area contributed by atoms with E-state index in [1.54, 1.807) is 0 Å². The molecule has 1 amide bonds. The Hall–Kier alpha value is -0.610. The number of ether oxygens (including phenoxy) is 1. The molecule has 1 atom stereocenters. The number of hydrogen-bond donors (Lipinski definition) is 2. The van der Waals surface area contributed by atoms with Crippen molar-refractivity contribution in [1.82, 2.24) is 10.6 Å². The van der Waals surface area contributed by atoms with Crippen LogP contribution < -0.4 is 10.6 Å². The van der Waals surface area contributed by atoms with Crippen LogP contribution in [0, 0.1) is 5.92 Å². The van der Waals surface area contributed by atoms with E-state index < -0.39 is 0 Å². The lowest BCUT2D eigenvalue weighted by molar-refractivity contribution is -0.130. The zero-order valence-corrected chi connectivity index (χ0v) is 8.64. The molecule has 4 heteroatoms. The van der Waals surface area contributed by atoms with Crippen LogP contribution in [0.2, 0.25) is 0 Å². The fourth-order valence-electron chi connectivity index (χ4n) is 1.91. The number of carbonyl (C=O) groups excluding carboxylic acids is 1. The summed E-state index contributed by atoms with van der Waals surface area (Å²) in [6.45, 7) is 5.19. The van der Waals surface area contributed by atoms with Crippen LogP contribution in [-0.4, -0.2) is 37.7 Å². The second-order valence-electron chi connectivity index (χ2n) is 4.56. The quantitative estimate of drug-likeness (QED) is 0.651. The van der Waals surface area contributed by atoms with Crippen LogP contribution in [0.25, 0.3) is 0 Å². The van der Waals surface area contributed by atoms with Crippen LogP contribution in [0.5, 0.6) is 0 Å². The molecule has 4 nitrogen and oxygen atoms in total. The highest BCUT2D eigenvalue weighted by Gasteiger charge is 2.33. The summed E-state index contributed by atoms with van der Waals surface area (Å²) >= 11 is 0. The Morgan fingerprint density at radius 2 is 2.36 bits per heavy atom. The fraction of sp³-hybridized carbons (Fsp3) is 0.900. The third-order valence-electron chi connectivity index (χ3n) is 3.02. The van der Waals surface area contributed by atoms with Crippen molar-refractivity contribution in [3.05, 3.63) is 0 Å². The van der Waals surface area contributed by atoms with Crippen molar-refractivity contribution in [2.24, 2.45) is 5.92 Å². The first-order valence-corrected chi connectivity index (χ1v) is 5.30. The van der Waals surface area contributed by atoms with Crippen molar-refractivity contribution in [1.29, 1.82) is 0 Å². The Bertz CT molecular complexity index is 220. The second-order valence-corrected chi connectivity index (χ2v) is 4.56. The van der Waals surface area contributed by atoms with Crippen molar-refractivity contribution in [2.45, 2.75) is 25.3 Å². The zero-order chi connectivity index (χ0) is 10.0. The number of carbonyl (C=O) groups is 1. The molecule has 2 rings (SSSR count). The van der Waals surface area contributed by atoms with Crippen LogP contribution in [0.15, 0.2) is 0 Å². The van der Waals surface area contributed by atoms with E-state index in [0.717, 1.165) is 32.5 Å². The average Bonchev–Trinajstić information content (AvgIpc) is 2.00. The van der Waals surface area contributed by atoms with Gasteiger partial charge in [0, 0.05) is 19.7 Å². The molecule has 1 unspecified atom stereocenters. The van der Waals surface area contributed by atoms with Crippen LogP contribution in [-0.2, 0) is 9.53 Å². The van der Waals surface area contributed by atoms with E-state index >= 15 is 0 Å². The first-order valence-electron chi connectivity index (χ1n) is 5.30. The molecule has 0 aliphatic carbocycles. The van der Waals surface area contributed by atoms with E-state index in [1.807, 2.05) is 0 Å². The van der Waals surface area contributed by atoms with Gasteiger partial charge in [0.05, 0.1) is 18.1 Å². The Kier molecular flexibility index (Phi) is 2.74. The standard InChI is InChI=1S/C10H18N2O2/c1-10(3-2-4-14-7-10)12-9(13)8-5-11-6-8/h8,11H,2-7H2,1H3,(H,12,13). The first kappa shape index (κ1) is 9.93. The van der Waals surface area contributed by atoms with E-state index in [-0.39, 0.29) is 17.4 Å². The lowest BCUT2D eigenvalue weighted by Crippen LogP contribution is -2.58. The van der Waals surface area contributed by atoms with Gasteiger partial charge in [0.1, 0.15) is 0 Å². The number of rotatable bonds is 2. The molecule has 0 aromatic carbocycles. The van der Waals surface area contributed by atoms with Gasteiger partial charge in [-0.25, -0.2) is 0 Å². The minimum absolute atomic E-state index is 0.134. The van der Waals surface area contributed by atoms with E-state index in [1.165, 1.54) is 0 Å². The van der Waals surface area contributed by atoms with E-state index in [9.17, 15) is 4.79 Å². The van der Waals surface area contributed by atoms with Gasteiger partial charge < -0.3 is 15.4 Å². The summed E-state index contributed by atoms with van der Waals surface area (Å²) in [4.78, 5) is 11.7. The average molecular weight is 198 g/mol. The van der Waals surface area contributed by atoms with Crippen LogP contribution >= 0.6 is 0 Å². The molecular formula is C10H18N2O2. The van der Waals surface area contributed by atoms with Gasteiger partial charge in [0.2, 0.25) is 5.91 Å². The molecule has 0 spiro atoms. The van der Waals surface area contributed by atoms with Crippen molar-refractivity contribution < 1.29 is 9.53 Å². The molecule has 0 aromatic rings. The Morgan fingerprint density at radius 3 is 2.86 bits per heavy atom. The predicted molar refractivity (Wildman–Crippen MR) is 53.0 cm³/mol. The largest absolute Gasteiger partial charge is 0.379 e. The van der Waals surface area contributed by atoms with Gasteiger partial charge in [0.15, 0.2) is 0 Å². The van der Waals surface area contributed by atoms with Crippen molar-refractivity contribution in [3.8, 4) is 0 Å². The Morgan fingerprint density at radius 1 is 1.57 bits per heavy atom. The molecule has 2 N–H and O–H groups in total. The SMILES string of the molecule is CC1(NC(=O)C2CNC2)CCCOC1. The third-order valence-corrected chi connectivity index (χ3v) is 3.02. The molecule has 0 aromatic heterocycles. The number of amides is 1. The summed E-state index contributed by atoms with van der Waals surface area (Å²) in [5.41, 5.74) is -0.134. The molecule has 80 valence electrons. The van der Waals surface area contributed by atoms with Crippen molar-refractivity contribution >= 4 is 5.91 Å². The summed E-state index contributed by atoms with van der Waals surface area (Å²) < 4.78 is 5.39. The summed E-state index contributed by atoms with van der Waals surface area (Å²) in [6, 6.07) is 0. The Labute approximate surface area is 84.4 Å². The Balaban J connectivity index is 1.84. The van der Waals surface area contributed by atoms with Gasteiger partial charge in [-0.05, 0) is 19.8 Å². The minimum Gasteiger partial charge on any atom is -0.379 e. The fourth-order valence-corrected chi connectivity index (χ4v) is 1.91. The molecule has 0 saturated carbocycles. The lowest BCUT2D eigenvalue weighted by Gasteiger charge is -2.37. The van der Waals surface area contributed by atoms with Gasteiger partial charge in [-0.15, -0.1) is 0 Å². The third kappa shape index (κ3) is 2.07. The van der Waals surface area contributed by atoms with E-state index in [0.29, 0.717) is 6.61 Å². The van der Waals surface area contributed by atoms with Crippen LogP contribution in [0.4, 0.5) is 0 Å². The van der Waals surface area contributed by atoms with Crippen LogP contribution in [0.1, 0.15) is 19.8 Å². The smallest absolute Gasteiger partial charge is 0.226 e. The first-order chi connectivity index (χ1) is 6.70. The molecule has 2 saturated heterocycles. The van der Waals surface area contributed by atoms with Crippen molar-refractivity contribution in [3.63, 3.8) is 0 Å². The highest BCUT2D eigenvalue weighted by molar-refractivity contribution is 5.80. The molecule has 14 heavy (non-hydrogen) atoms. The highest BCUT2D eigenvalue weighted by atomic mass is 16.5. The summed E-state index contributed by atoms with van der Waals surface area (Å²) in [6.07, 6.45) is 2.07. The molecule has 2 aliphatic rings. The molecule has 2 fully saturated rings. The maximum absolute atomic E-state index is 11.7. The molecule has 0 radical (unpaired) electrons. The molecule has 2 heterocycles.